The third-order valence-electron chi connectivity index (χ3n) is 23.2. The molecule has 6 aliphatic rings. The summed E-state index contributed by atoms with van der Waals surface area (Å²) < 4.78 is 23.9. The predicted octanol–water partition coefficient (Wildman–Crippen LogP) is 28.3. The highest BCUT2D eigenvalue weighted by Crippen LogP contribution is 2.43. The molecular formula is C108H130N4O8. The number of benzene rings is 2. The number of fused-ring (bicyclic) bond motifs is 10. The van der Waals surface area contributed by atoms with Crippen LogP contribution in [0.5, 0.6) is 0 Å². The van der Waals surface area contributed by atoms with Gasteiger partial charge < -0.3 is 28.9 Å². The van der Waals surface area contributed by atoms with E-state index >= 15 is 0 Å². The first-order chi connectivity index (χ1) is 57.6. The summed E-state index contributed by atoms with van der Waals surface area (Å²) >= 11 is 0. The first-order valence-electron chi connectivity index (χ1n) is 44.9. The lowest BCUT2D eigenvalue weighted by Gasteiger charge is -2.26. The molecule has 2 aromatic carbocycles. The van der Waals surface area contributed by atoms with Crippen molar-refractivity contribution in [2.75, 3.05) is 26.4 Å². The Balaban J connectivity index is 1.13. The van der Waals surface area contributed by atoms with Crippen molar-refractivity contribution in [3.05, 3.63) is 211 Å². The maximum absolute atomic E-state index is 14.2. The van der Waals surface area contributed by atoms with E-state index in [4.69, 9.17) is 28.9 Å². The normalized spacial score (nSPS) is 12.2. The third kappa shape index (κ3) is 23.5. The molecule has 0 amide bonds. The quantitative estimate of drug-likeness (QED) is 0.0172. The largest absolute Gasteiger partial charge is 0.462 e. The Morgan fingerprint density at radius 2 is 0.550 bits per heavy atom. The van der Waals surface area contributed by atoms with Crippen LogP contribution in [-0.2, 0) is 40.6 Å². The third-order valence-corrected chi connectivity index (χ3v) is 23.2. The molecule has 0 spiro atoms. The average molecular weight is 1610 g/mol. The highest BCUT2D eigenvalue weighted by molar-refractivity contribution is 6.09. The fourth-order valence-corrected chi connectivity index (χ4v) is 15.7. The summed E-state index contributed by atoms with van der Waals surface area (Å²) in [7, 11) is 0. The number of hydrogen-bond donors (Lipinski definition) is 2. The van der Waals surface area contributed by atoms with Gasteiger partial charge in [0.15, 0.2) is 0 Å². The van der Waals surface area contributed by atoms with E-state index in [0.29, 0.717) is 89.5 Å². The summed E-state index contributed by atoms with van der Waals surface area (Å²) in [5.74, 6) is 12.6. The van der Waals surface area contributed by atoms with Gasteiger partial charge >= 0.3 is 23.9 Å². The van der Waals surface area contributed by atoms with Crippen molar-refractivity contribution in [2.45, 2.75) is 287 Å². The molecule has 5 heterocycles. The van der Waals surface area contributed by atoms with E-state index in [-0.39, 0.29) is 48.1 Å². The summed E-state index contributed by atoms with van der Waals surface area (Å²) in [4.78, 5) is 76.2. The van der Waals surface area contributed by atoms with Crippen LogP contribution < -0.4 is 0 Å². The van der Waals surface area contributed by atoms with Crippen LogP contribution in [0.3, 0.4) is 0 Å². The van der Waals surface area contributed by atoms with Gasteiger partial charge in [-0.2, -0.15) is 0 Å². The number of hydrogen-bond acceptors (Lipinski definition) is 10. The number of carbonyl (C=O) groups is 4. The topological polar surface area (TPSA) is 163 Å². The van der Waals surface area contributed by atoms with Crippen molar-refractivity contribution in [3.8, 4) is 68.2 Å². The number of unbranched alkanes of at least 4 members (excludes halogenated alkanes) is 20. The van der Waals surface area contributed by atoms with Crippen molar-refractivity contribution in [1.82, 2.24) is 19.9 Å². The minimum absolute atomic E-state index is 0.220. The molecule has 630 valence electrons. The Kier molecular flexibility index (Phi) is 31.3. The molecule has 12 nitrogen and oxygen atoms in total. The van der Waals surface area contributed by atoms with Gasteiger partial charge in [0.1, 0.15) is 0 Å². The van der Waals surface area contributed by atoms with Gasteiger partial charge in [-0.3, -0.25) is 0 Å². The van der Waals surface area contributed by atoms with Crippen LogP contribution in [0.2, 0.25) is 0 Å². The minimum atomic E-state index is -0.477. The maximum atomic E-state index is 14.2. The van der Waals surface area contributed by atoms with Gasteiger partial charge in [-0.25, -0.2) is 29.1 Å². The Bertz CT molecular complexity index is 4980. The van der Waals surface area contributed by atoms with Crippen molar-refractivity contribution in [3.63, 3.8) is 0 Å². The van der Waals surface area contributed by atoms with Crippen molar-refractivity contribution in [1.29, 1.82) is 0 Å². The molecule has 2 N–H and O–H groups in total. The molecule has 0 saturated heterocycles. The van der Waals surface area contributed by atoms with Gasteiger partial charge in [-0.15, -0.1) is 0 Å². The standard InChI is InChI=1S/C108H130N4O8/c1-17-21-25-29-33-37-61-117-101(113)87-71-88(102(114)118-62-38-34-30-26-22-18-2)82-48-42-73(41-47-81(82)87)45-51-85-91-53-57-95(109-91)99(75-65-77(105(5,6)7)69-78(66-75)106(8,9)10)97-59-55-93(111-97)86(94-56-60-98(112-94)100(96-58-54-92(85)110-96)76-67-79(107(11,12)13)70-80(68-76)108(14,15)16)52-46-74-43-49-83-84(50-44-74)90(104(116)120-64-40-36-32-28-24-20-4)72-89(83)103(115)119-63-39-35-31-27-23-19-3/h41-44,47-50,53-60,65-72,109,111H,17-40,61-64H2,1-16H3. The first-order valence-corrected chi connectivity index (χ1v) is 44.9. The number of aromatic amines is 2. The summed E-state index contributed by atoms with van der Waals surface area (Å²) in [6.07, 6.45) is 33.5. The SMILES string of the molecule is CCCCCCCCOC(=O)c1cc(C(=O)OCCCCCCCC)c2ccc(C#Cc3c4nc(c(-c5cc(C(C)(C)C)cc(C(C)(C)C)c5)c5nc(c(C#Cc6ccc7c(C(=O)OCCCCCCCC)cc(C(=O)OCCCCCCCC)c-7cc6)c6ccc([nH]6)c(-c6cc(C(C)(C)C)cc(C(C)(C)C)c6)c6ccc3[nH]6)C=C5)C=C4)ccc1-2. The first kappa shape index (κ1) is 90.2. The second-order valence-corrected chi connectivity index (χ2v) is 37.1. The van der Waals surface area contributed by atoms with E-state index in [1.165, 1.54) is 47.9 Å². The van der Waals surface area contributed by atoms with Crippen LogP contribution in [0.4, 0.5) is 0 Å². The number of ether oxygens (including phenoxy) is 4. The van der Waals surface area contributed by atoms with Crippen LogP contribution in [-0.4, -0.2) is 70.2 Å². The molecule has 0 unspecified atom stereocenters. The lowest BCUT2D eigenvalue weighted by atomic mass is 9.78. The smallest absolute Gasteiger partial charge is 0.338 e. The van der Waals surface area contributed by atoms with Gasteiger partial charge in [0.05, 0.1) is 93.6 Å². The van der Waals surface area contributed by atoms with E-state index < -0.39 is 23.9 Å². The van der Waals surface area contributed by atoms with Crippen molar-refractivity contribution in [2.24, 2.45) is 0 Å². The molecule has 0 saturated carbocycles. The number of H-pyrrole nitrogens is 2. The minimum Gasteiger partial charge on any atom is -0.462 e. The number of nitrogens with one attached hydrogen (secondary N) is 2. The van der Waals surface area contributed by atoms with Crippen LogP contribution in [0.15, 0.2) is 121 Å². The Hall–Kier alpha value is -10.6. The van der Waals surface area contributed by atoms with E-state index in [0.717, 1.165) is 173 Å². The highest BCUT2D eigenvalue weighted by Gasteiger charge is 2.31. The van der Waals surface area contributed by atoms with Gasteiger partial charge in [0.25, 0.3) is 0 Å². The Morgan fingerprint density at radius 3 is 0.833 bits per heavy atom. The summed E-state index contributed by atoms with van der Waals surface area (Å²) in [5, 5.41) is 0. The van der Waals surface area contributed by atoms with Crippen LogP contribution in [0.1, 0.15) is 374 Å². The number of aromatic nitrogens is 4. The molecule has 8 bridgehead atoms. The Morgan fingerprint density at radius 1 is 0.292 bits per heavy atom. The summed E-state index contributed by atoms with van der Waals surface area (Å²) in [6.45, 7) is 37.0. The molecule has 0 atom stereocenters. The molecule has 2 aliphatic heterocycles. The van der Waals surface area contributed by atoms with Gasteiger partial charge in [-0.1, -0.05) is 324 Å². The van der Waals surface area contributed by atoms with Crippen molar-refractivity contribution < 1.29 is 38.1 Å². The van der Waals surface area contributed by atoms with Gasteiger partial charge in [0.2, 0.25) is 0 Å². The van der Waals surface area contributed by atoms with E-state index in [1.807, 2.05) is 60.7 Å². The van der Waals surface area contributed by atoms with Crippen LogP contribution in [0, 0.1) is 23.7 Å². The molecule has 120 heavy (non-hydrogen) atoms. The fourth-order valence-electron chi connectivity index (χ4n) is 15.7. The van der Waals surface area contributed by atoms with Crippen molar-refractivity contribution >= 4 is 70.2 Å². The summed E-state index contributed by atoms with van der Waals surface area (Å²) in [6, 6.07) is 40.8. The zero-order valence-electron chi connectivity index (χ0n) is 74.8. The molecule has 0 fully saturated rings. The highest BCUT2D eigenvalue weighted by atomic mass is 16.5. The maximum Gasteiger partial charge on any atom is 0.338 e. The summed E-state index contributed by atoms with van der Waals surface area (Å²) in [5.41, 5.74) is 19.4. The molecule has 4 aliphatic carbocycles. The van der Waals surface area contributed by atoms with E-state index in [1.54, 1.807) is 12.1 Å². The molecule has 5 aromatic rings. The van der Waals surface area contributed by atoms with Gasteiger partial charge in [-0.05, 0) is 188 Å². The number of nitrogens with zero attached hydrogens (tertiary/aromatic N) is 2. The van der Waals surface area contributed by atoms with Crippen LogP contribution >= 0.6 is 0 Å². The zero-order valence-corrected chi connectivity index (χ0v) is 74.8. The fraction of sp³-hybridized carbons (Fsp3) is 0.444. The molecule has 11 rings (SSSR count). The number of esters is 4. The number of carbonyl (C=O) groups excluding carboxylic acids is 4. The monoisotopic (exact) mass is 1610 g/mol. The molecular weight excluding hydrogens is 1480 g/mol. The average Bonchev–Trinajstić information content (AvgIpc) is 0.914. The van der Waals surface area contributed by atoms with Gasteiger partial charge in [0, 0.05) is 33.3 Å². The molecule has 12 heteroatoms. The van der Waals surface area contributed by atoms with E-state index in [2.05, 4.69) is 217 Å². The predicted molar refractivity (Wildman–Crippen MR) is 497 cm³/mol. The lowest BCUT2D eigenvalue weighted by Crippen LogP contribution is -2.16. The zero-order chi connectivity index (χ0) is 85.7. The second kappa shape index (κ2) is 41.6. The molecule has 0 radical (unpaired) electrons. The Labute approximate surface area is 716 Å². The van der Waals surface area contributed by atoms with E-state index in [9.17, 15) is 19.2 Å². The number of rotatable bonds is 34. The van der Waals surface area contributed by atoms with Crippen LogP contribution in [0.25, 0.3) is 90.9 Å². The molecule has 3 aromatic heterocycles. The second-order valence-electron chi connectivity index (χ2n) is 37.1. The lowest BCUT2D eigenvalue weighted by molar-refractivity contribution is 0.0482.